The molecule has 0 spiro atoms. The van der Waals surface area contributed by atoms with E-state index in [0.29, 0.717) is 0 Å². The first-order valence-corrected chi connectivity index (χ1v) is 16.0. The average molecular weight is 509 g/mol. The summed E-state index contributed by atoms with van der Waals surface area (Å²) < 4.78 is 0. The second-order valence-corrected chi connectivity index (χ2v) is 13.5. The highest BCUT2D eigenvalue weighted by atomic mass is 15.2. The standard InChI is InChI=1S/C9H19N.2C8H17N.C7H15N/c1-9(2)8-10-6-4-3-5-7-10;1-7(2)9-5-4-8(3)6-9;1-8(2)7-9-5-3-4-6-9;1-7(2)8-5-3-4-6-8/h9H,3-8H2,1-2H3;7-8H,4-6H2,1-3H3;8H,3-7H2,1-2H3;7H,3-6H2,1-2H3. The molecule has 0 radical (unpaired) electrons. The number of hydrogen-bond acceptors (Lipinski definition) is 4. The van der Waals surface area contributed by atoms with Gasteiger partial charge in [-0.25, -0.2) is 0 Å². The minimum absolute atomic E-state index is 0.759. The van der Waals surface area contributed by atoms with Crippen molar-refractivity contribution in [3.63, 3.8) is 0 Å². The number of piperidine rings is 1. The van der Waals surface area contributed by atoms with Gasteiger partial charge in [0.1, 0.15) is 0 Å². The zero-order valence-corrected chi connectivity index (χ0v) is 26.4. The Morgan fingerprint density at radius 3 is 1.17 bits per heavy atom. The minimum atomic E-state index is 0.759. The molecule has 0 aromatic heterocycles. The Morgan fingerprint density at radius 1 is 0.500 bits per heavy atom. The van der Waals surface area contributed by atoms with E-state index in [1.165, 1.54) is 117 Å². The van der Waals surface area contributed by atoms with Gasteiger partial charge in [0.2, 0.25) is 0 Å². The van der Waals surface area contributed by atoms with E-state index in [2.05, 4.69) is 81.9 Å². The molecule has 0 bridgehead atoms. The van der Waals surface area contributed by atoms with Gasteiger partial charge in [-0.1, -0.05) is 41.0 Å². The zero-order chi connectivity index (χ0) is 26.9. The maximum atomic E-state index is 2.59. The molecule has 36 heavy (non-hydrogen) atoms. The Balaban J connectivity index is 0.000000241. The molecule has 216 valence electrons. The molecule has 4 nitrogen and oxygen atoms in total. The van der Waals surface area contributed by atoms with Crippen LogP contribution in [-0.2, 0) is 0 Å². The smallest absolute Gasteiger partial charge is 0.00387 e. The van der Waals surface area contributed by atoms with Gasteiger partial charge in [-0.15, -0.1) is 0 Å². The summed E-state index contributed by atoms with van der Waals surface area (Å²) in [6.45, 7) is 33.9. The summed E-state index contributed by atoms with van der Waals surface area (Å²) in [5.41, 5.74) is 0. The molecular formula is C32H68N4. The van der Waals surface area contributed by atoms with E-state index < -0.39 is 0 Å². The first-order chi connectivity index (χ1) is 17.1. The number of rotatable bonds is 6. The predicted octanol–water partition coefficient (Wildman–Crippen LogP) is 7.09. The van der Waals surface area contributed by atoms with E-state index in [9.17, 15) is 0 Å². The molecule has 0 aromatic rings. The Hall–Kier alpha value is -0.160. The van der Waals surface area contributed by atoms with Crippen LogP contribution in [0.3, 0.4) is 0 Å². The van der Waals surface area contributed by atoms with Crippen molar-refractivity contribution in [1.82, 2.24) is 19.6 Å². The number of nitrogens with zero attached hydrogens (tertiary/aromatic N) is 4. The van der Waals surface area contributed by atoms with E-state index in [-0.39, 0.29) is 0 Å². The molecule has 4 heterocycles. The monoisotopic (exact) mass is 509 g/mol. The lowest BCUT2D eigenvalue weighted by Crippen LogP contribution is -2.32. The van der Waals surface area contributed by atoms with E-state index in [0.717, 1.165) is 29.8 Å². The van der Waals surface area contributed by atoms with Gasteiger partial charge in [-0.05, 0) is 136 Å². The Morgan fingerprint density at radius 2 is 0.889 bits per heavy atom. The third kappa shape index (κ3) is 16.6. The lowest BCUT2D eigenvalue weighted by Gasteiger charge is -2.27. The van der Waals surface area contributed by atoms with Crippen molar-refractivity contribution < 1.29 is 0 Å². The topological polar surface area (TPSA) is 13.0 Å². The van der Waals surface area contributed by atoms with Crippen LogP contribution >= 0.6 is 0 Å². The fourth-order valence-corrected chi connectivity index (χ4v) is 5.84. The van der Waals surface area contributed by atoms with Crippen LogP contribution < -0.4 is 0 Å². The Bertz CT molecular complexity index is 486. The third-order valence-corrected chi connectivity index (χ3v) is 7.95. The normalized spacial score (nSPS) is 24.1. The number of hydrogen-bond donors (Lipinski definition) is 0. The largest absolute Gasteiger partial charge is 0.303 e. The zero-order valence-electron chi connectivity index (χ0n) is 26.4. The second kappa shape index (κ2) is 19.8. The first kappa shape index (κ1) is 33.9. The highest BCUT2D eigenvalue weighted by Crippen LogP contribution is 2.17. The molecule has 1 unspecified atom stereocenters. The molecule has 4 aliphatic heterocycles. The highest BCUT2D eigenvalue weighted by molar-refractivity contribution is 4.74. The molecule has 4 aliphatic rings. The van der Waals surface area contributed by atoms with Crippen LogP contribution in [0.15, 0.2) is 0 Å². The maximum Gasteiger partial charge on any atom is 0.00387 e. The van der Waals surface area contributed by atoms with Crippen LogP contribution in [0.2, 0.25) is 0 Å². The van der Waals surface area contributed by atoms with Gasteiger partial charge in [0.15, 0.2) is 0 Å². The molecule has 0 N–H and O–H groups in total. The van der Waals surface area contributed by atoms with Gasteiger partial charge in [0, 0.05) is 31.7 Å². The molecule has 0 saturated carbocycles. The summed E-state index contributed by atoms with van der Waals surface area (Å²) in [6.07, 6.45) is 11.4. The molecular weight excluding hydrogens is 440 g/mol. The van der Waals surface area contributed by atoms with Gasteiger partial charge in [-0.2, -0.15) is 0 Å². The first-order valence-electron chi connectivity index (χ1n) is 16.0. The fraction of sp³-hybridized carbons (Fsp3) is 1.00. The van der Waals surface area contributed by atoms with Gasteiger partial charge in [0.25, 0.3) is 0 Å². The summed E-state index contributed by atoms with van der Waals surface area (Å²) in [5, 5.41) is 0. The van der Waals surface area contributed by atoms with Crippen molar-refractivity contribution in [3.8, 4) is 0 Å². The van der Waals surface area contributed by atoms with Crippen molar-refractivity contribution in [1.29, 1.82) is 0 Å². The summed E-state index contributed by atoms with van der Waals surface area (Å²) in [5.74, 6) is 2.63. The molecule has 4 heteroatoms. The molecule has 0 amide bonds. The van der Waals surface area contributed by atoms with E-state index in [4.69, 9.17) is 0 Å². The quantitative estimate of drug-likeness (QED) is 0.379. The highest BCUT2D eigenvalue weighted by Gasteiger charge is 2.20. The van der Waals surface area contributed by atoms with Crippen LogP contribution in [0.25, 0.3) is 0 Å². The van der Waals surface area contributed by atoms with Crippen molar-refractivity contribution in [3.05, 3.63) is 0 Å². The van der Waals surface area contributed by atoms with E-state index in [1.807, 2.05) is 0 Å². The molecule has 4 saturated heterocycles. The van der Waals surface area contributed by atoms with Crippen molar-refractivity contribution >= 4 is 0 Å². The van der Waals surface area contributed by atoms with Gasteiger partial charge >= 0.3 is 0 Å². The van der Waals surface area contributed by atoms with Crippen LogP contribution in [0, 0.1) is 17.8 Å². The SMILES string of the molecule is CC(C)CN1CCCC1.CC(C)CN1CCCCC1.CC(C)N1CCCC1.CC1CCN(C(C)C)C1. The Labute approximate surface area is 228 Å². The summed E-state index contributed by atoms with van der Waals surface area (Å²) in [7, 11) is 0. The van der Waals surface area contributed by atoms with Gasteiger partial charge < -0.3 is 19.6 Å². The molecule has 4 fully saturated rings. The van der Waals surface area contributed by atoms with Crippen LogP contribution in [0.5, 0.6) is 0 Å². The third-order valence-electron chi connectivity index (χ3n) is 7.95. The molecule has 4 rings (SSSR count). The second-order valence-electron chi connectivity index (χ2n) is 13.5. The minimum Gasteiger partial charge on any atom is -0.303 e. The lowest BCUT2D eigenvalue weighted by atomic mass is 10.1. The van der Waals surface area contributed by atoms with E-state index >= 15 is 0 Å². The summed E-state index contributed by atoms with van der Waals surface area (Å²) in [6, 6.07) is 1.53. The average Bonchev–Trinajstić information content (AvgIpc) is 3.58. The predicted molar refractivity (Wildman–Crippen MR) is 162 cm³/mol. The van der Waals surface area contributed by atoms with Crippen molar-refractivity contribution in [2.24, 2.45) is 17.8 Å². The van der Waals surface area contributed by atoms with Gasteiger partial charge in [0.05, 0.1) is 0 Å². The van der Waals surface area contributed by atoms with Crippen molar-refractivity contribution in [2.45, 2.75) is 126 Å². The number of likely N-dealkylation sites (tertiary alicyclic amines) is 4. The lowest BCUT2D eigenvalue weighted by molar-refractivity contribution is 0.206. The fourth-order valence-electron chi connectivity index (χ4n) is 5.84. The molecule has 1 atom stereocenters. The summed E-state index contributed by atoms with van der Waals surface area (Å²) in [4.78, 5) is 10.2. The van der Waals surface area contributed by atoms with Crippen LogP contribution in [0.4, 0.5) is 0 Å². The van der Waals surface area contributed by atoms with Crippen LogP contribution in [0.1, 0.15) is 114 Å². The van der Waals surface area contributed by atoms with Gasteiger partial charge in [-0.3, -0.25) is 0 Å². The molecule has 0 aliphatic carbocycles. The van der Waals surface area contributed by atoms with Crippen LogP contribution in [-0.4, -0.2) is 97.1 Å². The molecule has 0 aromatic carbocycles. The van der Waals surface area contributed by atoms with E-state index in [1.54, 1.807) is 0 Å². The van der Waals surface area contributed by atoms with Crippen molar-refractivity contribution in [2.75, 3.05) is 65.4 Å². The maximum absolute atomic E-state index is 2.59. The summed E-state index contributed by atoms with van der Waals surface area (Å²) >= 11 is 0. The Kier molecular flexibility index (Phi) is 18.7.